The molecule has 1 rings (SSSR count). The van der Waals surface area contributed by atoms with Gasteiger partial charge in [0.1, 0.15) is 0 Å². The molecule has 0 amide bonds. The highest BCUT2D eigenvalue weighted by Crippen LogP contribution is 2.34. The second-order valence-corrected chi connectivity index (χ2v) is 5.74. The van der Waals surface area contributed by atoms with E-state index in [1.54, 1.807) is 0 Å². The summed E-state index contributed by atoms with van der Waals surface area (Å²) in [5.41, 5.74) is 7.55. The molecule has 1 unspecified atom stereocenters. The van der Waals surface area contributed by atoms with Gasteiger partial charge in [0, 0.05) is 6.04 Å². The molecule has 0 radical (unpaired) electrons. The predicted molar refractivity (Wildman–Crippen MR) is 67.7 cm³/mol. The van der Waals surface area contributed by atoms with Crippen LogP contribution in [0.2, 0.25) is 0 Å². The molecule has 0 aromatic carbocycles. The number of hydrogen-bond donors (Lipinski definition) is 1. The Kier molecular flexibility index (Phi) is 4.85. The summed E-state index contributed by atoms with van der Waals surface area (Å²) in [7, 11) is 0. The van der Waals surface area contributed by atoms with Gasteiger partial charge in [-0.3, -0.25) is 0 Å². The molecule has 15 heavy (non-hydrogen) atoms. The van der Waals surface area contributed by atoms with Gasteiger partial charge in [0.2, 0.25) is 0 Å². The SMILES string of the molecule is CC(C)=CC(N)C1CCC(C(C)C)CC1. The number of hydrogen-bond acceptors (Lipinski definition) is 1. The third kappa shape index (κ3) is 3.98. The van der Waals surface area contributed by atoms with E-state index in [1.165, 1.54) is 31.3 Å². The summed E-state index contributed by atoms with van der Waals surface area (Å²) in [6, 6.07) is 0.295. The van der Waals surface area contributed by atoms with E-state index in [2.05, 4.69) is 33.8 Å². The summed E-state index contributed by atoms with van der Waals surface area (Å²) in [6.45, 7) is 8.97. The van der Waals surface area contributed by atoms with Crippen LogP contribution in [-0.2, 0) is 0 Å². The Morgan fingerprint density at radius 3 is 1.93 bits per heavy atom. The van der Waals surface area contributed by atoms with Gasteiger partial charge in [-0.1, -0.05) is 25.5 Å². The quantitative estimate of drug-likeness (QED) is 0.704. The lowest BCUT2D eigenvalue weighted by molar-refractivity contribution is 0.214. The zero-order valence-electron chi connectivity index (χ0n) is 10.8. The minimum absolute atomic E-state index is 0.295. The summed E-state index contributed by atoms with van der Waals surface area (Å²) in [5, 5.41) is 0. The molecule has 1 fully saturated rings. The molecule has 0 bridgehead atoms. The van der Waals surface area contributed by atoms with Crippen molar-refractivity contribution in [1.29, 1.82) is 0 Å². The molecule has 1 nitrogen and oxygen atoms in total. The maximum absolute atomic E-state index is 6.19. The summed E-state index contributed by atoms with van der Waals surface area (Å²) >= 11 is 0. The fraction of sp³-hybridized carbons (Fsp3) is 0.857. The zero-order valence-corrected chi connectivity index (χ0v) is 10.8. The van der Waals surface area contributed by atoms with Crippen LogP contribution in [0, 0.1) is 17.8 Å². The first kappa shape index (κ1) is 12.8. The smallest absolute Gasteiger partial charge is 0.0254 e. The van der Waals surface area contributed by atoms with Crippen LogP contribution in [0.3, 0.4) is 0 Å². The van der Waals surface area contributed by atoms with E-state index in [9.17, 15) is 0 Å². The lowest BCUT2D eigenvalue weighted by Gasteiger charge is -2.33. The van der Waals surface area contributed by atoms with Crippen LogP contribution < -0.4 is 5.73 Å². The van der Waals surface area contributed by atoms with E-state index in [1.807, 2.05) is 0 Å². The van der Waals surface area contributed by atoms with Gasteiger partial charge in [-0.25, -0.2) is 0 Å². The molecule has 0 aliphatic heterocycles. The molecule has 1 atom stereocenters. The van der Waals surface area contributed by atoms with Crippen molar-refractivity contribution in [2.45, 2.75) is 59.4 Å². The molecule has 0 saturated heterocycles. The molecular formula is C14H27N. The Labute approximate surface area is 95.1 Å². The van der Waals surface area contributed by atoms with E-state index < -0.39 is 0 Å². The Balaban J connectivity index is 2.40. The predicted octanol–water partition coefficient (Wildman–Crippen LogP) is 3.74. The highest BCUT2D eigenvalue weighted by atomic mass is 14.6. The van der Waals surface area contributed by atoms with Gasteiger partial charge in [0.25, 0.3) is 0 Å². The fourth-order valence-corrected chi connectivity index (χ4v) is 2.72. The van der Waals surface area contributed by atoms with Crippen molar-refractivity contribution in [3.8, 4) is 0 Å². The number of rotatable bonds is 3. The summed E-state index contributed by atoms with van der Waals surface area (Å²) in [5.74, 6) is 2.53. The highest BCUT2D eigenvalue weighted by Gasteiger charge is 2.25. The Bertz CT molecular complexity index is 205. The van der Waals surface area contributed by atoms with Crippen LogP contribution in [0.5, 0.6) is 0 Å². The van der Waals surface area contributed by atoms with Crippen molar-refractivity contribution in [3.63, 3.8) is 0 Å². The molecule has 0 aromatic rings. The standard InChI is InChI=1S/C14H27N/c1-10(2)9-14(15)13-7-5-12(6-8-13)11(3)4/h9,11-14H,5-8,15H2,1-4H3. The second-order valence-electron chi connectivity index (χ2n) is 5.74. The average Bonchev–Trinajstić information content (AvgIpc) is 2.17. The van der Waals surface area contributed by atoms with Crippen molar-refractivity contribution < 1.29 is 0 Å². The maximum Gasteiger partial charge on any atom is 0.0254 e. The molecule has 1 aliphatic rings. The monoisotopic (exact) mass is 209 g/mol. The normalized spacial score (nSPS) is 28.9. The first-order valence-electron chi connectivity index (χ1n) is 6.41. The van der Waals surface area contributed by atoms with Crippen LogP contribution in [0.15, 0.2) is 11.6 Å². The first-order valence-corrected chi connectivity index (χ1v) is 6.41. The van der Waals surface area contributed by atoms with Crippen LogP contribution >= 0.6 is 0 Å². The van der Waals surface area contributed by atoms with Crippen LogP contribution in [0.25, 0.3) is 0 Å². The van der Waals surface area contributed by atoms with Crippen molar-refractivity contribution >= 4 is 0 Å². The van der Waals surface area contributed by atoms with Crippen molar-refractivity contribution in [3.05, 3.63) is 11.6 Å². The topological polar surface area (TPSA) is 26.0 Å². The molecule has 1 heteroatoms. The molecule has 88 valence electrons. The minimum atomic E-state index is 0.295. The van der Waals surface area contributed by atoms with Crippen LogP contribution in [0.1, 0.15) is 53.4 Å². The average molecular weight is 209 g/mol. The fourth-order valence-electron chi connectivity index (χ4n) is 2.72. The third-order valence-electron chi connectivity index (χ3n) is 3.83. The lowest BCUT2D eigenvalue weighted by atomic mass is 9.74. The van der Waals surface area contributed by atoms with Crippen LogP contribution in [-0.4, -0.2) is 6.04 Å². The van der Waals surface area contributed by atoms with Gasteiger partial charge in [-0.2, -0.15) is 0 Å². The van der Waals surface area contributed by atoms with Gasteiger partial charge >= 0.3 is 0 Å². The van der Waals surface area contributed by atoms with E-state index in [-0.39, 0.29) is 0 Å². The van der Waals surface area contributed by atoms with Crippen molar-refractivity contribution in [2.75, 3.05) is 0 Å². The second kappa shape index (κ2) is 5.69. The zero-order chi connectivity index (χ0) is 11.4. The van der Waals surface area contributed by atoms with Gasteiger partial charge in [-0.15, -0.1) is 0 Å². The molecule has 0 aromatic heterocycles. The van der Waals surface area contributed by atoms with Crippen molar-refractivity contribution in [2.24, 2.45) is 23.5 Å². The molecule has 1 saturated carbocycles. The summed E-state index contributed by atoms with van der Waals surface area (Å²) in [6.07, 6.45) is 7.65. The van der Waals surface area contributed by atoms with Gasteiger partial charge in [-0.05, 0) is 57.3 Å². The Morgan fingerprint density at radius 1 is 1.07 bits per heavy atom. The van der Waals surface area contributed by atoms with Gasteiger partial charge in [0.05, 0.1) is 0 Å². The molecule has 0 spiro atoms. The molecule has 1 aliphatic carbocycles. The first-order chi connectivity index (χ1) is 7.00. The van der Waals surface area contributed by atoms with E-state index in [4.69, 9.17) is 5.73 Å². The largest absolute Gasteiger partial charge is 0.324 e. The van der Waals surface area contributed by atoms with Crippen molar-refractivity contribution in [1.82, 2.24) is 0 Å². The number of allylic oxidation sites excluding steroid dienone is 1. The third-order valence-corrected chi connectivity index (χ3v) is 3.83. The van der Waals surface area contributed by atoms with Gasteiger partial charge in [0.15, 0.2) is 0 Å². The minimum Gasteiger partial charge on any atom is -0.324 e. The molecule has 2 N–H and O–H groups in total. The summed E-state index contributed by atoms with van der Waals surface area (Å²) < 4.78 is 0. The van der Waals surface area contributed by atoms with E-state index >= 15 is 0 Å². The van der Waals surface area contributed by atoms with E-state index in [0.717, 1.165) is 17.8 Å². The lowest BCUT2D eigenvalue weighted by Crippen LogP contribution is -2.32. The Hall–Kier alpha value is -0.300. The Morgan fingerprint density at radius 2 is 1.53 bits per heavy atom. The van der Waals surface area contributed by atoms with Gasteiger partial charge < -0.3 is 5.73 Å². The van der Waals surface area contributed by atoms with E-state index in [0.29, 0.717) is 6.04 Å². The highest BCUT2D eigenvalue weighted by molar-refractivity contribution is 5.02. The van der Waals surface area contributed by atoms with Crippen LogP contribution in [0.4, 0.5) is 0 Å². The molecule has 0 heterocycles. The molecular weight excluding hydrogens is 182 g/mol. The maximum atomic E-state index is 6.19. The summed E-state index contributed by atoms with van der Waals surface area (Å²) in [4.78, 5) is 0. The number of nitrogens with two attached hydrogens (primary N) is 1.